The molecule has 76 valence electrons. The number of ether oxygens (including phenoxy) is 1. The summed E-state index contributed by atoms with van der Waals surface area (Å²) in [4.78, 5) is 22.6. The number of Topliss-reactive ketones (excluding diaryl/α,β-unsaturated/α-hetero) is 1. The van der Waals surface area contributed by atoms with E-state index < -0.39 is 5.97 Å². The number of ketones is 1. The number of carboxylic acid groups (broad SMARTS) is 1. The standard InChI is InChI=1S/C8H15NO4/c1-7(10)5-9(3-4-13-2)6-8(11)12/h3-6H2,1-2H3,(H,11,12). The molecule has 0 aromatic carbocycles. The zero-order valence-corrected chi connectivity index (χ0v) is 7.95. The fraction of sp³-hybridized carbons (Fsp3) is 0.750. The van der Waals surface area contributed by atoms with Crippen LogP contribution in [0, 0.1) is 0 Å². The van der Waals surface area contributed by atoms with Gasteiger partial charge in [0.1, 0.15) is 5.78 Å². The number of carbonyl (C=O) groups excluding carboxylic acids is 1. The third-order valence-electron chi connectivity index (χ3n) is 1.42. The molecule has 0 aliphatic heterocycles. The van der Waals surface area contributed by atoms with Gasteiger partial charge in [-0.05, 0) is 6.92 Å². The molecule has 0 heterocycles. The van der Waals surface area contributed by atoms with Crippen LogP contribution in [0.1, 0.15) is 6.92 Å². The second kappa shape index (κ2) is 6.56. The average molecular weight is 189 g/mol. The van der Waals surface area contributed by atoms with Crippen molar-refractivity contribution >= 4 is 11.8 Å². The maximum Gasteiger partial charge on any atom is 0.317 e. The van der Waals surface area contributed by atoms with Crippen LogP contribution < -0.4 is 0 Å². The first-order valence-corrected chi connectivity index (χ1v) is 3.98. The second-order valence-electron chi connectivity index (χ2n) is 2.80. The van der Waals surface area contributed by atoms with Gasteiger partial charge in [-0.15, -0.1) is 0 Å². The highest BCUT2D eigenvalue weighted by molar-refractivity contribution is 5.78. The van der Waals surface area contributed by atoms with Gasteiger partial charge in [0.2, 0.25) is 0 Å². The molecule has 0 aliphatic carbocycles. The van der Waals surface area contributed by atoms with E-state index in [-0.39, 0.29) is 18.9 Å². The average Bonchev–Trinajstić information content (AvgIpc) is 1.98. The van der Waals surface area contributed by atoms with Crippen LogP contribution in [0.4, 0.5) is 0 Å². The third-order valence-corrected chi connectivity index (χ3v) is 1.42. The van der Waals surface area contributed by atoms with Crippen LogP contribution in [-0.2, 0) is 14.3 Å². The number of carboxylic acids is 1. The molecule has 5 nitrogen and oxygen atoms in total. The first-order chi connectivity index (χ1) is 6.06. The van der Waals surface area contributed by atoms with Crippen molar-refractivity contribution in [1.29, 1.82) is 0 Å². The highest BCUT2D eigenvalue weighted by Crippen LogP contribution is 1.89. The summed E-state index contributed by atoms with van der Waals surface area (Å²) in [6.07, 6.45) is 0. The summed E-state index contributed by atoms with van der Waals surface area (Å²) in [5.41, 5.74) is 0. The monoisotopic (exact) mass is 189 g/mol. The van der Waals surface area contributed by atoms with Gasteiger partial charge in [0, 0.05) is 13.7 Å². The zero-order chi connectivity index (χ0) is 10.3. The first-order valence-electron chi connectivity index (χ1n) is 3.98. The zero-order valence-electron chi connectivity index (χ0n) is 7.95. The van der Waals surface area contributed by atoms with E-state index in [4.69, 9.17) is 9.84 Å². The molecule has 0 saturated heterocycles. The normalized spacial score (nSPS) is 10.4. The van der Waals surface area contributed by atoms with E-state index >= 15 is 0 Å². The van der Waals surface area contributed by atoms with Gasteiger partial charge >= 0.3 is 5.97 Å². The van der Waals surface area contributed by atoms with Gasteiger partial charge in [0.25, 0.3) is 0 Å². The minimum absolute atomic E-state index is 0.0441. The molecule has 0 fully saturated rings. The lowest BCUT2D eigenvalue weighted by Crippen LogP contribution is -2.36. The molecule has 5 heteroatoms. The minimum Gasteiger partial charge on any atom is -0.480 e. The molecule has 0 aromatic heterocycles. The van der Waals surface area contributed by atoms with Gasteiger partial charge in [-0.3, -0.25) is 14.5 Å². The van der Waals surface area contributed by atoms with Crippen molar-refractivity contribution in [3.8, 4) is 0 Å². The lowest BCUT2D eigenvalue weighted by Gasteiger charge is -2.17. The first kappa shape index (κ1) is 12.1. The predicted octanol–water partition coefficient (Wildman–Crippen LogP) is -0.392. The Kier molecular flexibility index (Phi) is 6.09. The van der Waals surface area contributed by atoms with Gasteiger partial charge in [-0.2, -0.15) is 0 Å². The van der Waals surface area contributed by atoms with Crippen molar-refractivity contribution in [3.63, 3.8) is 0 Å². The Bertz CT molecular complexity index is 165. The Morgan fingerprint density at radius 2 is 2.00 bits per heavy atom. The molecule has 0 radical (unpaired) electrons. The SMILES string of the molecule is COCCN(CC(C)=O)CC(=O)O. The molecular weight excluding hydrogens is 174 g/mol. The summed E-state index contributed by atoms with van der Waals surface area (Å²) >= 11 is 0. The summed E-state index contributed by atoms with van der Waals surface area (Å²) < 4.78 is 4.79. The molecule has 0 spiro atoms. The van der Waals surface area contributed by atoms with Crippen LogP contribution in [0.5, 0.6) is 0 Å². The fourth-order valence-corrected chi connectivity index (χ4v) is 0.941. The quantitative estimate of drug-likeness (QED) is 0.590. The molecule has 13 heavy (non-hydrogen) atoms. The van der Waals surface area contributed by atoms with Crippen LogP contribution in [0.3, 0.4) is 0 Å². The predicted molar refractivity (Wildman–Crippen MR) is 46.6 cm³/mol. The van der Waals surface area contributed by atoms with Gasteiger partial charge in [-0.25, -0.2) is 0 Å². The van der Waals surface area contributed by atoms with Crippen LogP contribution in [-0.4, -0.2) is 55.1 Å². The van der Waals surface area contributed by atoms with E-state index in [0.29, 0.717) is 13.2 Å². The van der Waals surface area contributed by atoms with Gasteiger partial charge < -0.3 is 9.84 Å². The van der Waals surface area contributed by atoms with E-state index in [1.165, 1.54) is 18.9 Å². The second-order valence-corrected chi connectivity index (χ2v) is 2.80. The molecule has 0 rings (SSSR count). The maximum absolute atomic E-state index is 10.7. The molecule has 0 unspecified atom stereocenters. The van der Waals surface area contributed by atoms with E-state index in [1.807, 2.05) is 0 Å². The molecule has 0 bridgehead atoms. The van der Waals surface area contributed by atoms with Crippen molar-refractivity contribution in [2.75, 3.05) is 33.4 Å². The van der Waals surface area contributed by atoms with Crippen molar-refractivity contribution in [2.45, 2.75) is 6.92 Å². The third kappa shape index (κ3) is 7.42. The number of methoxy groups -OCH3 is 1. The van der Waals surface area contributed by atoms with Crippen molar-refractivity contribution in [3.05, 3.63) is 0 Å². The Balaban J connectivity index is 3.87. The molecule has 0 aliphatic rings. The highest BCUT2D eigenvalue weighted by Gasteiger charge is 2.10. The van der Waals surface area contributed by atoms with E-state index in [1.54, 1.807) is 0 Å². The molecule has 0 saturated carbocycles. The Hall–Kier alpha value is -0.940. The lowest BCUT2D eigenvalue weighted by atomic mass is 10.3. The van der Waals surface area contributed by atoms with Crippen molar-refractivity contribution < 1.29 is 19.4 Å². The van der Waals surface area contributed by atoms with Crippen LogP contribution in [0.2, 0.25) is 0 Å². The number of hydrogen-bond donors (Lipinski definition) is 1. The minimum atomic E-state index is -0.933. The van der Waals surface area contributed by atoms with Crippen LogP contribution in [0.25, 0.3) is 0 Å². The number of rotatable bonds is 7. The van der Waals surface area contributed by atoms with Crippen molar-refractivity contribution in [1.82, 2.24) is 4.90 Å². The van der Waals surface area contributed by atoms with E-state index in [0.717, 1.165) is 0 Å². The summed E-state index contributed by atoms with van der Waals surface area (Å²) in [5.74, 6) is -0.977. The summed E-state index contributed by atoms with van der Waals surface area (Å²) in [7, 11) is 1.53. The number of aliphatic carboxylic acids is 1. The smallest absolute Gasteiger partial charge is 0.317 e. The largest absolute Gasteiger partial charge is 0.480 e. The van der Waals surface area contributed by atoms with E-state index in [9.17, 15) is 9.59 Å². The number of hydrogen-bond acceptors (Lipinski definition) is 4. The van der Waals surface area contributed by atoms with Gasteiger partial charge in [-0.1, -0.05) is 0 Å². The molecule has 0 aromatic rings. The topological polar surface area (TPSA) is 66.8 Å². The Morgan fingerprint density at radius 3 is 2.38 bits per heavy atom. The Labute approximate surface area is 77.3 Å². The summed E-state index contributed by atoms with van der Waals surface area (Å²) in [6, 6.07) is 0. The van der Waals surface area contributed by atoms with Crippen molar-refractivity contribution in [2.24, 2.45) is 0 Å². The van der Waals surface area contributed by atoms with E-state index in [2.05, 4.69) is 0 Å². The fourth-order valence-electron chi connectivity index (χ4n) is 0.941. The van der Waals surface area contributed by atoms with Gasteiger partial charge in [0.05, 0.1) is 19.7 Å². The molecule has 0 amide bonds. The van der Waals surface area contributed by atoms with Gasteiger partial charge in [0.15, 0.2) is 0 Å². The Morgan fingerprint density at radius 1 is 1.38 bits per heavy atom. The highest BCUT2D eigenvalue weighted by atomic mass is 16.5. The van der Waals surface area contributed by atoms with Crippen LogP contribution in [0.15, 0.2) is 0 Å². The van der Waals surface area contributed by atoms with Crippen LogP contribution >= 0.6 is 0 Å². The summed E-state index contributed by atoms with van der Waals surface area (Å²) in [5, 5.41) is 8.50. The maximum atomic E-state index is 10.7. The molecular formula is C8H15NO4. The molecule has 1 N–H and O–H groups in total. The lowest BCUT2D eigenvalue weighted by molar-refractivity contribution is -0.138. The number of nitrogens with zero attached hydrogens (tertiary/aromatic N) is 1. The summed E-state index contributed by atoms with van der Waals surface area (Å²) in [6.45, 7) is 2.36. The number of carbonyl (C=O) groups is 2. The molecule has 0 atom stereocenters.